The van der Waals surface area contributed by atoms with Gasteiger partial charge < -0.3 is 9.88 Å². The van der Waals surface area contributed by atoms with Crippen LogP contribution in [0.2, 0.25) is 0 Å². The number of benzene rings is 1. The summed E-state index contributed by atoms with van der Waals surface area (Å²) < 4.78 is 4.01. The maximum absolute atomic E-state index is 4.59. The van der Waals surface area contributed by atoms with Crippen LogP contribution in [-0.4, -0.2) is 25.4 Å². The number of nitrogens with one attached hydrogen (secondary N) is 1. The molecule has 0 spiro atoms. The lowest BCUT2D eigenvalue weighted by atomic mass is 10.2. The van der Waals surface area contributed by atoms with Crippen LogP contribution in [0.25, 0.3) is 10.9 Å². The van der Waals surface area contributed by atoms with Crippen molar-refractivity contribution in [2.45, 2.75) is 26.1 Å². The molecule has 0 amide bonds. The lowest BCUT2D eigenvalue weighted by molar-refractivity contribution is 0.472. The highest BCUT2D eigenvalue weighted by Crippen LogP contribution is 2.17. The number of rotatable bonds is 5. The van der Waals surface area contributed by atoms with E-state index in [-0.39, 0.29) is 0 Å². The minimum atomic E-state index is 0.366. The van der Waals surface area contributed by atoms with Crippen LogP contribution in [0.15, 0.2) is 43.0 Å². The van der Waals surface area contributed by atoms with Crippen molar-refractivity contribution in [3.63, 3.8) is 0 Å². The molecule has 1 aromatic carbocycles. The van der Waals surface area contributed by atoms with Crippen molar-refractivity contribution >= 4 is 10.9 Å². The van der Waals surface area contributed by atoms with E-state index in [9.17, 15) is 0 Å². The number of nitrogens with zero attached hydrogens (tertiary/aromatic N) is 4. The van der Waals surface area contributed by atoms with Gasteiger partial charge in [-0.15, -0.1) is 0 Å². The Morgan fingerprint density at radius 3 is 2.95 bits per heavy atom. The standard InChI is InChI=1S/C15H19N5/c1-12(10-20-8-7-16-11-20)17-9-14-13-5-3-4-6-15(13)19(2)18-14/h3-8,11-12,17H,9-10H2,1-2H3. The topological polar surface area (TPSA) is 47.7 Å². The summed E-state index contributed by atoms with van der Waals surface area (Å²) in [5.41, 5.74) is 2.27. The van der Waals surface area contributed by atoms with Gasteiger partial charge in [-0.3, -0.25) is 4.68 Å². The molecule has 5 heteroatoms. The van der Waals surface area contributed by atoms with Gasteiger partial charge in [0.25, 0.3) is 0 Å². The van der Waals surface area contributed by atoms with Crippen LogP contribution in [0.3, 0.4) is 0 Å². The van der Waals surface area contributed by atoms with Crippen molar-refractivity contribution in [3.8, 4) is 0 Å². The van der Waals surface area contributed by atoms with Crippen LogP contribution in [0.1, 0.15) is 12.6 Å². The van der Waals surface area contributed by atoms with Crippen molar-refractivity contribution in [2.24, 2.45) is 7.05 Å². The van der Waals surface area contributed by atoms with Gasteiger partial charge in [0.15, 0.2) is 0 Å². The van der Waals surface area contributed by atoms with Gasteiger partial charge in [-0.2, -0.15) is 5.10 Å². The van der Waals surface area contributed by atoms with E-state index >= 15 is 0 Å². The maximum Gasteiger partial charge on any atom is 0.0946 e. The summed E-state index contributed by atoms with van der Waals surface area (Å²) in [6, 6.07) is 8.69. The van der Waals surface area contributed by atoms with Crippen LogP contribution in [0.5, 0.6) is 0 Å². The summed E-state index contributed by atoms with van der Waals surface area (Å²) in [5, 5.41) is 9.33. The van der Waals surface area contributed by atoms with E-state index < -0.39 is 0 Å². The van der Waals surface area contributed by atoms with Crippen LogP contribution in [0.4, 0.5) is 0 Å². The second-order valence-electron chi connectivity index (χ2n) is 5.13. The molecule has 1 atom stereocenters. The van der Waals surface area contributed by atoms with Crippen LogP contribution < -0.4 is 5.32 Å². The van der Waals surface area contributed by atoms with Crippen LogP contribution in [-0.2, 0) is 20.1 Å². The number of hydrogen-bond donors (Lipinski definition) is 1. The molecule has 0 bridgehead atoms. The lowest BCUT2D eigenvalue weighted by Crippen LogP contribution is -2.29. The average Bonchev–Trinajstić information content (AvgIpc) is 3.06. The molecule has 1 N–H and O–H groups in total. The van der Waals surface area contributed by atoms with Gasteiger partial charge in [-0.25, -0.2) is 4.98 Å². The third-order valence-corrected chi connectivity index (χ3v) is 3.50. The monoisotopic (exact) mass is 269 g/mol. The maximum atomic E-state index is 4.59. The first-order valence-corrected chi connectivity index (χ1v) is 6.84. The van der Waals surface area contributed by atoms with Crippen LogP contribution in [0, 0.1) is 0 Å². The number of aryl methyl sites for hydroxylation is 1. The van der Waals surface area contributed by atoms with Crippen molar-refractivity contribution in [1.29, 1.82) is 0 Å². The highest BCUT2D eigenvalue weighted by Gasteiger charge is 2.09. The Hall–Kier alpha value is -2.14. The summed E-state index contributed by atoms with van der Waals surface area (Å²) in [5.74, 6) is 0. The van der Waals surface area contributed by atoms with Crippen LogP contribution >= 0.6 is 0 Å². The summed E-state index contributed by atoms with van der Waals surface area (Å²) in [6.45, 7) is 3.85. The quantitative estimate of drug-likeness (QED) is 0.770. The number of para-hydroxylation sites is 1. The molecule has 2 aromatic heterocycles. The normalized spacial score (nSPS) is 12.9. The molecule has 3 rings (SSSR count). The molecular formula is C15H19N5. The fourth-order valence-electron chi connectivity index (χ4n) is 2.47. The highest BCUT2D eigenvalue weighted by molar-refractivity contribution is 5.81. The van der Waals surface area contributed by atoms with Gasteiger partial charge in [-0.05, 0) is 13.0 Å². The van der Waals surface area contributed by atoms with E-state index in [0.29, 0.717) is 6.04 Å². The molecule has 5 nitrogen and oxygen atoms in total. The Morgan fingerprint density at radius 2 is 2.15 bits per heavy atom. The SMILES string of the molecule is CC(Cn1ccnc1)NCc1nn(C)c2ccccc12. The predicted molar refractivity (Wildman–Crippen MR) is 79.2 cm³/mol. The first-order valence-electron chi connectivity index (χ1n) is 6.84. The van der Waals surface area contributed by atoms with E-state index in [2.05, 4.69) is 45.1 Å². The molecule has 104 valence electrons. The molecule has 0 fully saturated rings. The third kappa shape index (κ3) is 2.58. The van der Waals surface area contributed by atoms with E-state index in [4.69, 9.17) is 0 Å². The first-order chi connectivity index (χ1) is 9.74. The van der Waals surface area contributed by atoms with Gasteiger partial charge in [-0.1, -0.05) is 18.2 Å². The Labute approximate surface area is 118 Å². The lowest BCUT2D eigenvalue weighted by Gasteiger charge is -2.13. The van der Waals surface area contributed by atoms with E-state index in [0.717, 1.165) is 18.8 Å². The molecule has 0 aliphatic carbocycles. The second kappa shape index (κ2) is 5.46. The fourth-order valence-corrected chi connectivity index (χ4v) is 2.47. The molecule has 1 unspecified atom stereocenters. The number of hydrogen-bond acceptors (Lipinski definition) is 3. The first kappa shape index (κ1) is 12.9. The van der Waals surface area contributed by atoms with Gasteiger partial charge in [0.1, 0.15) is 0 Å². The molecular weight excluding hydrogens is 250 g/mol. The van der Waals surface area contributed by atoms with Gasteiger partial charge in [0, 0.05) is 44.0 Å². The molecule has 0 aliphatic rings. The third-order valence-electron chi connectivity index (χ3n) is 3.50. The average molecular weight is 269 g/mol. The van der Waals surface area contributed by atoms with Gasteiger partial charge in [0.2, 0.25) is 0 Å². The molecule has 0 saturated carbocycles. The Kier molecular flexibility index (Phi) is 3.52. The molecule has 0 radical (unpaired) electrons. The summed E-state index contributed by atoms with van der Waals surface area (Å²) in [7, 11) is 1.99. The summed E-state index contributed by atoms with van der Waals surface area (Å²) in [6.07, 6.45) is 5.63. The zero-order valence-electron chi connectivity index (χ0n) is 11.8. The number of aromatic nitrogens is 4. The summed E-state index contributed by atoms with van der Waals surface area (Å²) >= 11 is 0. The fraction of sp³-hybridized carbons (Fsp3) is 0.333. The van der Waals surface area contributed by atoms with Gasteiger partial charge >= 0.3 is 0 Å². The predicted octanol–water partition coefficient (Wildman–Crippen LogP) is 1.95. The van der Waals surface area contributed by atoms with E-state index in [1.807, 2.05) is 30.3 Å². The summed E-state index contributed by atoms with van der Waals surface area (Å²) in [4.78, 5) is 4.06. The molecule has 0 saturated heterocycles. The van der Waals surface area contributed by atoms with Gasteiger partial charge in [0.05, 0.1) is 17.5 Å². The molecule has 20 heavy (non-hydrogen) atoms. The largest absolute Gasteiger partial charge is 0.336 e. The Morgan fingerprint density at radius 1 is 1.30 bits per heavy atom. The molecule has 0 aliphatic heterocycles. The van der Waals surface area contributed by atoms with E-state index in [1.165, 1.54) is 10.9 Å². The zero-order valence-corrected chi connectivity index (χ0v) is 11.8. The minimum absolute atomic E-state index is 0.366. The number of imidazole rings is 1. The smallest absolute Gasteiger partial charge is 0.0946 e. The minimum Gasteiger partial charge on any atom is -0.336 e. The highest BCUT2D eigenvalue weighted by atomic mass is 15.3. The zero-order chi connectivity index (χ0) is 13.9. The molecule has 2 heterocycles. The van der Waals surface area contributed by atoms with Crippen molar-refractivity contribution in [2.75, 3.05) is 0 Å². The van der Waals surface area contributed by atoms with Crippen molar-refractivity contribution in [3.05, 3.63) is 48.7 Å². The van der Waals surface area contributed by atoms with Crippen molar-refractivity contribution < 1.29 is 0 Å². The van der Waals surface area contributed by atoms with E-state index in [1.54, 1.807) is 6.20 Å². The second-order valence-corrected chi connectivity index (χ2v) is 5.13. The number of fused-ring (bicyclic) bond motifs is 1. The molecule has 3 aromatic rings. The Balaban J connectivity index is 1.68. The Bertz CT molecular complexity index is 683. The van der Waals surface area contributed by atoms with Crippen molar-refractivity contribution in [1.82, 2.24) is 24.6 Å².